The zero-order chi connectivity index (χ0) is 15.9. The third-order valence-electron chi connectivity index (χ3n) is 3.56. The Bertz CT molecular complexity index is 806. The van der Waals surface area contributed by atoms with Crippen molar-refractivity contribution in [2.45, 2.75) is 25.3 Å². The molecule has 1 aliphatic rings. The number of aromatic nitrogens is 3. The van der Waals surface area contributed by atoms with E-state index in [1.54, 1.807) is 6.92 Å². The normalized spacial score (nSPS) is 15.2. The summed E-state index contributed by atoms with van der Waals surface area (Å²) in [4.78, 5) is 12.2. The summed E-state index contributed by atoms with van der Waals surface area (Å²) in [5.41, 5.74) is -0.197. The molecule has 0 radical (unpaired) electrons. The van der Waals surface area contributed by atoms with Gasteiger partial charge in [0.25, 0.3) is 5.91 Å². The molecule has 0 spiro atoms. The number of hydrogen-bond acceptors (Lipinski definition) is 4. The Morgan fingerprint density at radius 2 is 2.27 bits per heavy atom. The molecule has 3 rings (SSSR count). The minimum absolute atomic E-state index is 0.0656. The minimum atomic E-state index is -0.793. The van der Waals surface area contributed by atoms with Crippen molar-refractivity contribution in [3.05, 3.63) is 40.4 Å². The van der Waals surface area contributed by atoms with Gasteiger partial charge in [0, 0.05) is 5.02 Å². The van der Waals surface area contributed by atoms with Crippen molar-refractivity contribution < 1.29 is 9.18 Å². The van der Waals surface area contributed by atoms with Crippen molar-refractivity contribution in [1.29, 1.82) is 5.26 Å². The molecule has 0 bridgehead atoms. The monoisotopic (exact) mass is 319 g/mol. The van der Waals surface area contributed by atoms with Gasteiger partial charge in [0.2, 0.25) is 0 Å². The maximum Gasteiger partial charge on any atom is 0.275 e. The van der Waals surface area contributed by atoms with Crippen LogP contribution in [0.2, 0.25) is 5.02 Å². The van der Waals surface area contributed by atoms with Crippen LogP contribution in [-0.2, 0) is 0 Å². The van der Waals surface area contributed by atoms with Gasteiger partial charge >= 0.3 is 0 Å². The van der Waals surface area contributed by atoms with Gasteiger partial charge < -0.3 is 5.32 Å². The number of rotatable bonds is 3. The predicted octanol–water partition coefficient (Wildman–Crippen LogP) is 2.15. The lowest BCUT2D eigenvalue weighted by molar-refractivity contribution is 0.0936. The zero-order valence-electron chi connectivity index (χ0n) is 11.6. The Morgan fingerprint density at radius 1 is 1.55 bits per heavy atom. The fourth-order valence-electron chi connectivity index (χ4n) is 2.09. The van der Waals surface area contributed by atoms with Crippen molar-refractivity contribution in [1.82, 2.24) is 20.3 Å². The summed E-state index contributed by atoms with van der Waals surface area (Å²) in [6.45, 7) is 1.61. The zero-order valence-corrected chi connectivity index (χ0v) is 12.4. The largest absolute Gasteiger partial charge is 0.332 e. The quantitative estimate of drug-likeness (QED) is 0.939. The number of benzene rings is 1. The lowest BCUT2D eigenvalue weighted by atomic mass is 10.2. The highest BCUT2D eigenvalue weighted by Crippen LogP contribution is 2.34. The second-order valence-electron chi connectivity index (χ2n) is 5.18. The molecule has 0 saturated heterocycles. The van der Waals surface area contributed by atoms with Crippen LogP contribution in [0.3, 0.4) is 0 Å². The van der Waals surface area contributed by atoms with E-state index in [1.807, 2.05) is 0 Å². The van der Waals surface area contributed by atoms with Crippen LogP contribution in [0.1, 0.15) is 29.0 Å². The molecule has 1 aromatic heterocycles. The summed E-state index contributed by atoms with van der Waals surface area (Å²) >= 11 is 5.72. The molecule has 1 fully saturated rings. The van der Waals surface area contributed by atoms with Gasteiger partial charge in [-0.05, 0) is 38.0 Å². The molecule has 1 aromatic carbocycles. The second kappa shape index (κ2) is 5.07. The van der Waals surface area contributed by atoms with Crippen LogP contribution in [0.4, 0.5) is 4.39 Å². The van der Waals surface area contributed by atoms with Gasteiger partial charge in [-0.1, -0.05) is 16.8 Å². The van der Waals surface area contributed by atoms with Crippen LogP contribution in [0.15, 0.2) is 18.2 Å². The van der Waals surface area contributed by atoms with Gasteiger partial charge in [0.1, 0.15) is 17.0 Å². The Labute approximate surface area is 130 Å². The third-order valence-corrected chi connectivity index (χ3v) is 3.80. The van der Waals surface area contributed by atoms with Crippen molar-refractivity contribution in [2.24, 2.45) is 0 Å². The van der Waals surface area contributed by atoms with Gasteiger partial charge in [-0.15, -0.1) is 5.10 Å². The first-order chi connectivity index (χ1) is 10.5. The highest BCUT2D eigenvalue weighted by molar-refractivity contribution is 6.30. The molecule has 0 unspecified atom stereocenters. The summed E-state index contributed by atoms with van der Waals surface area (Å²) in [5, 5.41) is 19.5. The highest BCUT2D eigenvalue weighted by atomic mass is 35.5. The standard InChI is InChI=1S/C14H11ClFN5O/c1-8-12(13(22)18-14(7-17)4-5-14)19-20-21(8)11-3-2-9(15)6-10(11)16/h2-3,6H,4-5H2,1H3,(H,18,22). The molecule has 0 atom stereocenters. The summed E-state index contributed by atoms with van der Waals surface area (Å²) in [6.07, 6.45) is 1.24. The Hall–Kier alpha value is -2.46. The van der Waals surface area contributed by atoms with Crippen LogP contribution in [-0.4, -0.2) is 26.4 Å². The molecule has 1 heterocycles. The Kier molecular flexibility index (Phi) is 3.34. The number of nitrogens with zero attached hydrogens (tertiary/aromatic N) is 4. The Morgan fingerprint density at radius 3 is 2.86 bits per heavy atom. The summed E-state index contributed by atoms with van der Waals surface area (Å²) in [7, 11) is 0. The van der Waals surface area contributed by atoms with Gasteiger partial charge in [-0.3, -0.25) is 4.79 Å². The van der Waals surface area contributed by atoms with Gasteiger partial charge in [0.15, 0.2) is 5.69 Å². The van der Waals surface area contributed by atoms with E-state index in [4.69, 9.17) is 16.9 Å². The van der Waals surface area contributed by atoms with Crippen molar-refractivity contribution >= 4 is 17.5 Å². The van der Waals surface area contributed by atoms with E-state index >= 15 is 0 Å². The molecule has 1 amide bonds. The first-order valence-electron chi connectivity index (χ1n) is 6.57. The summed E-state index contributed by atoms with van der Waals surface area (Å²) in [6, 6.07) is 6.20. The van der Waals surface area contributed by atoms with Gasteiger partial charge in [0.05, 0.1) is 11.8 Å². The van der Waals surface area contributed by atoms with Crippen molar-refractivity contribution in [3.8, 4) is 11.8 Å². The summed E-state index contributed by atoms with van der Waals surface area (Å²) < 4.78 is 15.2. The first kappa shape index (κ1) is 14.5. The molecule has 1 N–H and O–H groups in total. The van der Waals surface area contributed by atoms with Crippen LogP contribution in [0, 0.1) is 24.1 Å². The van der Waals surface area contributed by atoms with E-state index in [1.165, 1.54) is 16.8 Å². The lowest BCUT2D eigenvalue weighted by Gasteiger charge is -2.08. The number of carbonyl (C=O) groups excluding carboxylic acids is 1. The van der Waals surface area contributed by atoms with Crippen molar-refractivity contribution in [3.63, 3.8) is 0 Å². The number of nitriles is 1. The van der Waals surface area contributed by atoms with E-state index in [9.17, 15) is 9.18 Å². The van der Waals surface area contributed by atoms with Crippen LogP contribution in [0.5, 0.6) is 0 Å². The van der Waals surface area contributed by atoms with Gasteiger partial charge in [-0.25, -0.2) is 9.07 Å². The average molecular weight is 320 g/mol. The van der Waals surface area contributed by atoms with Crippen LogP contribution < -0.4 is 5.32 Å². The fourth-order valence-corrected chi connectivity index (χ4v) is 2.25. The summed E-state index contributed by atoms with van der Waals surface area (Å²) in [5.74, 6) is -1.06. The number of halogens is 2. The van der Waals surface area contributed by atoms with Crippen LogP contribution in [0.25, 0.3) is 5.69 Å². The first-order valence-corrected chi connectivity index (χ1v) is 6.95. The second-order valence-corrected chi connectivity index (χ2v) is 5.62. The smallest absolute Gasteiger partial charge is 0.275 e. The molecular formula is C14H11ClFN5O. The van der Waals surface area contributed by atoms with E-state index in [0.29, 0.717) is 18.5 Å². The van der Waals surface area contributed by atoms with Crippen LogP contribution >= 0.6 is 11.6 Å². The molecular weight excluding hydrogens is 309 g/mol. The number of carbonyl (C=O) groups is 1. The maximum atomic E-state index is 13.9. The molecule has 112 valence electrons. The van der Waals surface area contributed by atoms with Gasteiger partial charge in [-0.2, -0.15) is 5.26 Å². The molecule has 1 aliphatic carbocycles. The number of nitrogens with one attached hydrogen (secondary N) is 1. The highest BCUT2D eigenvalue weighted by Gasteiger charge is 2.45. The van der Waals surface area contributed by atoms with E-state index < -0.39 is 17.3 Å². The lowest BCUT2D eigenvalue weighted by Crippen LogP contribution is -2.36. The SMILES string of the molecule is Cc1c(C(=O)NC2(C#N)CC2)nnn1-c1ccc(Cl)cc1F. The topological polar surface area (TPSA) is 83.6 Å². The molecule has 8 heteroatoms. The molecule has 22 heavy (non-hydrogen) atoms. The van der Waals surface area contributed by atoms with E-state index in [2.05, 4.69) is 21.7 Å². The Balaban J connectivity index is 1.92. The molecule has 2 aromatic rings. The predicted molar refractivity (Wildman–Crippen MR) is 76.1 cm³/mol. The van der Waals surface area contributed by atoms with E-state index in [-0.39, 0.29) is 16.4 Å². The number of amides is 1. The van der Waals surface area contributed by atoms with Crippen molar-refractivity contribution in [2.75, 3.05) is 0 Å². The molecule has 1 saturated carbocycles. The molecule has 0 aliphatic heterocycles. The number of hydrogen-bond donors (Lipinski definition) is 1. The molecule has 6 nitrogen and oxygen atoms in total. The minimum Gasteiger partial charge on any atom is -0.332 e. The maximum absolute atomic E-state index is 13.9. The third kappa shape index (κ3) is 2.42. The fraction of sp³-hybridized carbons (Fsp3) is 0.286. The van der Waals surface area contributed by atoms with E-state index in [0.717, 1.165) is 6.07 Å². The average Bonchev–Trinajstić information content (AvgIpc) is 3.14.